The molecule has 1 aliphatic rings. The van der Waals surface area contributed by atoms with Gasteiger partial charge in [0.25, 0.3) is 0 Å². The molecule has 0 amide bonds. The van der Waals surface area contributed by atoms with E-state index >= 15 is 0 Å². The van der Waals surface area contributed by atoms with Crippen molar-refractivity contribution < 1.29 is 9.47 Å². The van der Waals surface area contributed by atoms with Crippen molar-refractivity contribution in [3.8, 4) is 5.75 Å². The van der Waals surface area contributed by atoms with E-state index in [-0.39, 0.29) is 11.0 Å². The molecule has 0 spiro atoms. The lowest BCUT2D eigenvalue weighted by atomic mass is 9.74. The SMILES string of the molecule is COc1ccc(C2(CN=C(N)NC(C)(C)C)CCOCC2)cc1. The Hall–Kier alpha value is -1.75. The summed E-state index contributed by atoms with van der Waals surface area (Å²) in [5, 5.41) is 3.22. The molecule has 1 aromatic carbocycles. The van der Waals surface area contributed by atoms with Crippen LogP contribution in [0.15, 0.2) is 29.3 Å². The van der Waals surface area contributed by atoms with Gasteiger partial charge in [0.1, 0.15) is 5.75 Å². The van der Waals surface area contributed by atoms with Crippen molar-refractivity contribution in [2.75, 3.05) is 26.9 Å². The number of guanidine groups is 1. The van der Waals surface area contributed by atoms with Gasteiger partial charge in [-0.3, -0.25) is 4.99 Å². The standard InChI is InChI=1S/C18H29N3O2/c1-17(2,3)21-16(19)20-13-18(9-11-23-12-10-18)14-5-7-15(22-4)8-6-14/h5-8H,9-13H2,1-4H3,(H3,19,20,21). The number of hydrogen-bond acceptors (Lipinski definition) is 3. The summed E-state index contributed by atoms with van der Waals surface area (Å²) >= 11 is 0. The zero-order chi connectivity index (χ0) is 16.9. The van der Waals surface area contributed by atoms with Gasteiger partial charge in [0.05, 0.1) is 13.7 Å². The molecule has 5 heteroatoms. The molecule has 0 aromatic heterocycles. The first-order valence-corrected chi connectivity index (χ1v) is 8.15. The van der Waals surface area contributed by atoms with Gasteiger partial charge in [-0.1, -0.05) is 12.1 Å². The van der Waals surface area contributed by atoms with E-state index in [1.807, 2.05) is 12.1 Å². The summed E-state index contributed by atoms with van der Waals surface area (Å²) in [6.07, 6.45) is 1.90. The lowest BCUT2D eigenvalue weighted by molar-refractivity contribution is 0.0531. The van der Waals surface area contributed by atoms with Gasteiger partial charge in [0.2, 0.25) is 0 Å². The molecule has 1 aromatic rings. The normalized spacial score (nSPS) is 18.5. The van der Waals surface area contributed by atoms with Crippen molar-refractivity contribution in [1.29, 1.82) is 0 Å². The third-order valence-electron chi connectivity index (χ3n) is 4.21. The number of methoxy groups -OCH3 is 1. The zero-order valence-electron chi connectivity index (χ0n) is 14.7. The van der Waals surface area contributed by atoms with Crippen molar-refractivity contribution in [2.45, 2.75) is 44.6 Å². The van der Waals surface area contributed by atoms with Crippen LogP contribution in [0, 0.1) is 0 Å². The maximum Gasteiger partial charge on any atom is 0.189 e. The van der Waals surface area contributed by atoms with Gasteiger partial charge < -0.3 is 20.5 Å². The van der Waals surface area contributed by atoms with Crippen LogP contribution in [-0.2, 0) is 10.2 Å². The molecule has 1 saturated heterocycles. The van der Waals surface area contributed by atoms with Gasteiger partial charge in [0, 0.05) is 24.2 Å². The van der Waals surface area contributed by atoms with E-state index in [0.717, 1.165) is 31.8 Å². The molecule has 1 fully saturated rings. The van der Waals surface area contributed by atoms with Crippen molar-refractivity contribution >= 4 is 5.96 Å². The molecule has 0 aliphatic carbocycles. The van der Waals surface area contributed by atoms with Gasteiger partial charge in [-0.25, -0.2) is 0 Å². The monoisotopic (exact) mass is 319 g/mol. The fourth-order valence-electron chi connectivity index (χ4n) is 2.91. The van der Waals surface area contributed by atoms with Crippen LogP contribution in [0.5, 0.6) is 5.75 Å². The van der Waals surface area contributed by atoms with E-state index in [1.54, 1.807) is 7.11 Å². The molecule has 5 nitrogen and oxygen atoms in total. The molecule has 2 rings (SSSR count). The number of nitrogens with zero attached hydrogens (tertiary/aromatic N) is 1. The number of rotatable bonds is 4. The molecular weight excluding hydrogens is 290 g/mol. The summed E-state index contributed by atoms with van der Waals surface area (Å²) < 4.78 is 10.8. The van der Waals surface area contributed by atoms with E-state index in [9.17, 15) is 0 Å². The third kappa shape index (κ3) is 4.86. The molecule has 0 bridgehead atoms. The highest BCUT2D eigenvalue weighted by atomic mass is 16.5. The van der Waals surface area contributed by atoms with Crippen LogP contribution in [0.25, 0.3) is 0 Å². The lowest BCUT2D eigenvalue weighted by Gasteiger charge is -2.36. The minimum absolute atomic E-state index is 0.0191. The number of nitrogens with one attached hydrogen (secondary N) is 1. The van der Waals surface area contributed by atoms with Crippen LogP contribution in [0.3, 0.4) is 0 Å². The maximum atomic E-state index is 6.05. The van der Waals surface area contributed by atoms with Gasteiger partial charge in [0.15, 0.2) is 5.96 Å². The fraction of sp³-hybridized carbons (Fsp3) is 0.611. The quantitative estimate of drug-likeness (QED) is 0.661. The Bertz CT molecular complexity index is 526. The Morgan fingerprint density at radius 3 is 2.39 bits per heavy atom. The molecule has 1 heterocycles. The van der Waals surface area contributed by atoms with Gasteiger partial charge >= 0.3 is 0 Å². The van der Waals surface area contributed by atoms with E-state index in [4.69, 9.17) is 15.2 Å². The van der Waals surface area contributed by atoms with Gasteiger partial charge in [-0.2, -0.15) is 0 Å². The van der Waals surface area contributed by atoms with Crippen molar-refractivity contribution in [3.63, 3.8) is 0 Å². The predicted molar refractivity (Wildman–Crippen MR) is 94.1 cm³/mol. The highest BCUT2D eigenvalue weighted by molar-refractivity contribution is 5.78. The van der Waals surface area contributed by atoms with Gasteiger partial charge in [-0.15, -0.1) is 0 Å². The maximum absolute atomic E-state index is 6.05. The smallest absolute Gasteiger partial charge is 0.189 e. The van der Waals surface area contributed by atoms with E-state index in [1.165, 1.54) is 5.56 Å². The van der Waals surface area contributed by atoms with E-state index in [2.05, 4.69) is 43.2 Å². The Morgan fingerprint density at radius 1 is 1.26 bits per heavy atom. The van der Waals surface area contributed by atoms with Crippen molar-refractivity contribution in [2.24, 2.45) is 10.7 Å². The van der Waals surface area contributed by atoms with E-state index in [0.29, 0.717) is 12.5 Å². The average Bonchev–Trinajstić information content (AvgIpc) is 2.52. The average molecular weight is 319 g/mol. The summed E-state index contributed by atoms with van der Waals surface area (Å²) in [6, 6.07) is 8.28. The zero-order valence-corrected chi connectivity index (χ0v) is 14.7. The van der Waals surface area contributed by atoms with Crippen molar-refractivity contribution in [3.05, 3.63) is 29.8 Å². The van der Waals surface area contributed by atoms with Crippen LogP contribution in [-0.4, -0.2) is 38.4 Å². The largest absolute Gasteiger partial charge is 0.497 e. The number of benzene rings is 1. The van der Waals surface area contributed by atoms with Gasteiger partial charge in [-0.05, 0) is 51.3 Å². The molecule has 0 atom stereocenters. The molecule has 1 aliphatic heterocycles. The van der Waals surface area contributed by atoms with E-state index < -0.39 is 0 Å². The van der Waals surface area contributed by atoms with Crippen LogP contribution < -0.4 is 15.8 Å². The topological polar surface area (TPSA) is 68.9 Å². The molecule has 0 saturated carbocycles. The Balaban J connectivity index is 2.20. The first-order chi connectivity index (χ1) is 10.8. The summed E-state index contributed by atoms with van der Waals surface area (Å²) in [5.74, 6) is 1.37. The van der Waals surface area contributed by atoms with Crippen LogP contribution >= 0.6 is 0 Å². The van der Waals surface area contributed by atoms with Crippen LogP contribution in [0.1, 0.15) is 39.2 Å². The summed E-state index contributed by atoms with van der Waals surface area (Å²) in [5.41, 5.74) is 7.21. The second-order valence-corrected chi connectivity index (χ2v) is 7.20. The Kier molecular flexibility index (Phi) is 5.52. The molecule has 128 valence electrons. The lowest BCUT2D eigenvalue weighted by Crippen LogP contribution is -2.46. The molecule has 3 N–H and O–H groups in total. The highest BCUT2D eigenvalue weighted by Crippen LogP contribution is 2.36. The molecular formula is C18H29N3O2. The first kappa shape index (κ1) is 17.6. The molecule has 0 radical (unpaired) electrons. The summed E-state index contributed by atoms with van der Waals surface area (Å²) in [4.78, 5) is 4.62. The summed E-state index contributed by atoms with van der Waals surface area (Å²) in [7, 11) is 1.68. The first-order valence-electron chi connectivity index (χ1n) is 8.15. The summed E-state index contributed by atoms with van der Waals surface area (Å²) in [6.45, 7) is 8.40. The number of nitrogens with two attached hydrogens (primary N) is 1. The minimum atomic E-state index is -0.0868. The number of hydrogen-bond donors (Lipinski definition) is 2. The minimum Gasteiger partial charge on any atom is -0.497 e. The van der Waals surface area contributed by atoms with Crippen LogP contribution in [0.2, 0.25) is 0 Å². The Morgan fingerprint density at radius 2 is 1.87 bits per heavy atom. The highest BCUT2D eigenvalue weighted by Gasteiger charge is 2.34. The van der Waals surface area contributed by atoms with Crippen molar-refractivity contribution in [1.82, 2.24) is 5.32 Å². The number of aliphatic imine (C=N–C) groups is 1. The molecule has 23 heavy (non-hydrogen) atoms. The third-order valence-corrected chi connectivity index (χ3v) is 4.21. The second-order valence-electron chi connectivity index (χ2n) is 7.20. The van der Waals surface area contributed by atoms with Crippen LogP contribution in [0.4, 0.5) is 0 Å². The second kappa shape index (κ2) is 7.21. The Labute approximate surface area is 139 Å². The number of ether oxygens (including phenoxy) is 2. The molecule has 0 unspecified atom stereocenters. The predicted octanol–water partition coefficient (Wildman–Crippen LogP) is 2.45. The fourth-order valence-corrected chi connectivity index (χ4v) is 2.91.